The molecule has 0 unspecified atom stereocenters. The summed E-state index contributed by atoms with van der Waals surface area (Å²) in [5, 5.41) is 10.5. The van der Waals surface area contributed by atoms with Crippen molar-refractivity contribution in [3.63, 3.8) is 0 Å². The molecule has 0 aromatic heterocycles. The first-order valence-corrected chi connectivity index (χ1v) is 4.86. The standard InChI is InChI=1S/C9H17N3O/c10-4-2-1-3-5-11-12-6-8-13-9-7-12/h11H,1-3,5-9H2. The summed E-state index contributed by atoms with van der Waals surface area (Å²) in [5.41, 5.74) is 3.32. The van der Waals surface area contributed by atoms with Gasteiger partial charge in [-0.15, -0.1) is 0 Å². The predicted molar refractivity (Wildman–Crippen MR) is 49.9 cm³/mol. The highest BCUT2D eigenvalue weighted by Crippen LogP contribution is 1.95. The van der Waals surface area contributed by atoms with Crippen LogP contribution in [0.4, 0.5) is 0 Å². The van der Waals surface area contributed by atoms with Crippen LogP contribution < -0.4 is 5.43 Å². The van der Waals surface area contributed by atoms with Gasteiger partial charge in [0.2, 0.25) is 0 Å². The quantitative estimate of drug-likeness (QED) is 0.631. The number of nitriles is 1. The van der Waals surface area contributed by atoms with Gasteiger partial charge >= 0.3 is 0 Å². The van der Waals surface area contributed by atoms with Crippen LogP contribution in [0.15, 0.2) is 0 Å². The van der Waals surface area contributed by atoms with Gasteiger partial charge in [0.05, 0.1) is 19.3 Å². The van der Waals surface area contributed by atoms with Crippen molar-refractivity contribution >= 4 is 0 Å². The van der Waals surface area contributed by atoms with Gasteiger partial charge in [0.1, 0.15) is 0 Å². The summed E-state index contributed by atoms with van der Waals surface area (Å²) in [7, 11) is 0. The van der Waals surface area contributed by atoms with Crippen LogP contribution in [0, 0.1) is 11.3 Å². The Bertz CT molecular complexity index is 161. The molecule has 0 aromatic rings. The van der Waals surface area contributed by atoms with Gasteiger partial charge < -0.3 is 4.74 Å². The molecule has 1 rings (SSSR count). The van der Waals surface area contributed by atoms with Crippen LogP contribution in [0.25, 0.3) is 0 Å². The lowest BCUT2D eigenvalue weighted by Gasteiger charge is -2.27. The Balaban J connectivity index is 1.90. The van der Waals surface area contributed by atoms with E-state index < -0.39 is 0 Å². The molecule has 13 heavy (non-hydrogen) atoms. The second-order valence-corrected chi connectivity index (χ2v) is 3.12. The average molecular weight is 183 g/mol. The molecule has 0 spiro atoms. The van der Waals surface area contributed by atoms with Gasteiger partial charge in [-0.1, -0.05) is 0 Å². The zero-order valence-corrected chi connectivity index (χ0v) is 7.96. The molecule has 0 saturated carbocycles. The van der Waals surface area contributed by atoms with E-state index in [1.54, 1.807) is 0 Å². The third-order valence-electron chi connectivity index (χ3n) is 2.06. The number of ether oxygens (including phenoxy) is 1. The van der Waals surface area contributed by atoms with Gasteiger partial charge in [0.25, 0.3) is 0 Å². The van der Waals surface area contributed by atoms with Gasteiger partial charge in [-0.05, 0) is 12.8 Å². The third kappa shape index (κ3) is 4.83. The van der Waals surface area contributed by atoms with E-state index in [1.165, 1.54) is 0 Å². The molecule has 74 valence electrons. The zero-order chi connectivity index (χ0) is 9.36. The number of rotatable bonds is 5. The number of hydrogen-bond acceptors (Lipinski definition) is 4. The molecule has 0 bridgehead atoms. The Hall–Kier alpha value is -0.630. The summed E-state index contributed by atoms with van der Waals surface area (Å²) in [6, 6.07) is 2.14. The maximum atomic E-state index is 8.32. The maximum Gasteiger partial charge on any atom is 0.0621 e. The highest BCUT2D eigenvalue weighted by molar-refractivity contribution is 4.68. The Morgan fingerprint density at radius 2 is 2.08 bits per heavy atom. The van der Waals surface area contributed by atoms with Crippen molar-refractivity contribution in [2.24, 2.45) is 0 Å². The van der Waals surface area contributed by atoms with Crippen LogP contribution >= 0.6 is 0 Å². The van der Waals surface area contributed by atoms with Gasteiger partial charge in [-0.2, -0.15) is 5.26 Å². The van der Waals surface area contributed by atoms with Crippen molar-refractivity contribution in [2.45, 2.75) is 19.3 Å². The fourth-order valence-corrected chi connectivity index (χ4v) is 1.29. The summed E-state index contributed by atoms with van der Waals surface area (Å²) < 4.78 is 5.22. The Morgan fingerprint density at radius 1 is 1.31 bits per heavy atom. The lowest BCUT2D eigenvalue weighted by molar-refractivity contribution is 0.0119. The summed E-state index contributed by atoms with van der Waals surface area (Å²) in [4.78, 5) is 0. The minimum absolute atomic E-state index is 0.671. The first kappa shape index (κ1) is 10.5. The van der Waals surface area contributed by atoms with Crippen molar-refractivity contribution in [2.75, 3.05) is 32.8 Å². The molecule has 1 saturated heterocycles. The van der Waals surface area contributed by atoms with Crippen LogP contribution in [0.5, 0.6) is 0 Å². The molecule has 0 amide bonds. The Labute approximate surface area is 79.4 Å². The lowest BCUT2D eigenvalue weighted by atomic mass is 10.2. The molecule has 0 aliphatic carbocycles. The summed E-state index contributed by atoms with van der Waals surface area (Å²) in [5.74, 6) is 0. The van der Waals surface area contributed by atoms with E-state index in [4.69, 9.17) is 10.00 Å². The highest BCUT2D eigenvalue weighted by Gasteiger charge is 2.08. The minimum atomic E-state index is 0.671. The van der Waals surface area contributed by atoms with E-state index in [-0.39, 0.29) is 0 Å². The number of hydrogen-bond donors (Lipinski definition) is 1. The topological polar surface area (TPSA) is 48.3 Å². The predicted octanol–water partition coefficient (Wildman–Crippen LogP) is 0.517. The second kappa shape index (κ2) is 6.84. The number of morpholine rings is 1. The van der Waals surface area contributed by atoms with Crippen LogP contribution in [-0.4, -0.2) is 37.9 Å². The highest BCUT2D eigenvalue weighted by atomic mass is 16.5. The number of hydrazine groups is 1. The largest absolute Gasteiger partial charge is 0.379 e. The van der Waals surface area contributed by atoms with Crippen molar-refractivity contribution in [1.29, 1.82) is 5.26 Å². The van der Waals surface area contributed by atoms with Crippen LogP contribution in [0.1, 0.15) is 19.3 Å². The molecule has 1 aliphatic heterocycles. The van der Waals surface area contributed by atoms with Crippen molar-refractivity contribution in [3.05, 3.63) is 0 Å². The van der Waals surface area contributed by atoms with Crippen LogP contribution in [0.3, 0.4) is 0 Å². The van der Waals surface area contributed by atoms with Gasteiger partial charge in [0.15, 0.2) is 0 Å². The molecule has 4 nitrogen and oxygen atoms in total. The molecule has 0 radical (unpaired) electrons. The van der Waals surface area contributed by atoms with Crippen LogP contribution in [-0.2, 0) is 4.74 Å². The average Bonchev–Trinajstić information content (AvgIpc) is 2.19. The fourth-order valence-electron chi connectivity index (χ4n) is 1.29. The maximum absolute atomic E-state index is 8.32. The van der Waals surface area contributed by atoms with E-state index in [1.807, 2.05) is 0 Å². The molecular formula is C9H17N3O. The monoisotopic (exact) mass is 183 g/mol. The van der Waals surface area contributed by atoms with Crippen molar-refractivity contribution in [3.8, 4) is 6.07 Å². The number of nitrogens with zero attached hydrogens (tertiary/aromatic N) is 2. The SMILES string of the molecule is N#CCCCCNN1CCOCC1. The fraction of sp³-hybridized carbons (Fsp3) is 0.889. The first-order valence-electron chi connectivity index (χ1n) is 4.86. The third-order valence-corrected chi connectivity index (χ3v) is 2.06. The number of nitrogens with one attached hydrogen (secondary N) is 1. The minimum Gasteiger partial charge on any atom is -0.379 e. The van der Waals surface area contributed by atoms with E-state index in [0.717, 1.165) is 45.7 Å². The van der Waals surface area contributed by atoms with Gasteiger partial charge in [0, 0.05) is 26.1 Å². The zero-order valence-electron chi connectivity index (χ0n) is 7.96. The van der Waals surface area contributed by atoms with E-state index >= 15 is 0 Å². The Morgan fingerprint density at radius 3 is 2.77 bits per heavy atom. The summed E-state index contributed by atoms with van der Waals surface area (Å²) >= 11 is 0. The molecule has 0 atom stereocenters. The molecule has 1 aliphatic rings. The molecule has 4 heteroatoms. The summed E-state index contributed by atoms with van der Waals surface area (Å²) in [6.45, 7) is 4.56. The summed E-state index contributed by atoms with van der Waals surface area (Å²) in [6.07, 6.45) is 2.74. The normalized spacial score (nSPS) is 18.4. The van der Waals surface area contributed by atoms with Crippen molar-refractivity contribution in [1.82, 2.24) is 10.4 Å². The van der Waals surface area contributed by atoms with E-state index in [9.17, 15) is 0 Å². The lowest BCUT2D eigenvalue weighted by Crippen LogP contribution is -2.45. The van der Waals surface area contributed by atoms with Gasteiger partial charge in [-0.3, -0.25) is 5.43 Å². The van der Waals surface area contributed by atoms with E-state index in [2.05, 4.69) is 16.5 Å². The van der Waals surface area contributed by atoms with E-state index in [0.29, 0.717) is 6.42 Å². The molecule has 1 heterocycles. The van der Waals surface area contributed by atoms with Gasteiger partial charge in [-0.25, -0.2) is 5.01 Å². The molecule has 1 fully saturated rings. The van der Waals surface area contributed by atoms with Crippen LogP contribution in [0.2, 0.25) is 0 Å². The Kier molecular flexibility index (Phi) is 5.50. The first-order chi connectivity index (χ1) is 6.43. The van der Waals surface area contributed by atoms with Crippen molar-refractivity contribution < 1.29 is 4.74 Å². The smallest absolute Gasteiger partial charge is 0.0621 e. The molecule has 0 aromatic carbocycles. The number of unbranched alkanes of at least 4 members (excludes halogenated alkanes) is 2. The molecule has 1 N–H and O–H groups in total. The molecular weight excluding hydrogens is 166 g/mol. The second-order valence-electron chi connectivity index (χ2n) is 3.12.